The molecular formula is C10H12N2O2. The summed E-state index contributed by atoms with van der Waals surface area (Å²) in [6.07, 6.45) is 2.18. The Kier molecular flexibility index (Phi) is 2.21. The number of para-hydroxylation sites is 1. The highest BCUT2D eigenvalue weighted by molar-refractivity contribution is 5.42. The Balaban J connectivity index is 2.34. The molecule has 1 aromatic rings. The standard InChI is InChI=1S/C10H12N2O2/c11-10(7-5-6-7)8-3-1-2-4-9(8)12(13)14/h1-4,7,10H,5-6,11H2/t10-/m1/s1. The third-order valence-corrected chi connectivity index (χ3v) is 2.62. The fourth-order valence-electron chi connectivity index (χ4n) is 1.64. The summed E-state index contributed by atoms with van der Waals surface area (Å²) in [6, 6.07) is 6.56. The molecular weight excluding hydrogens is 180 g/mol. The summed E-state index contributed by atoms with van der Waals surface area (Å²) < 4.78 is 0. The average Bonchev–Trinajstić information content (AvgIpc) is 3.00. The molecule has 1 fully saturated rings. The van der Waals surface area contributed by atoms with Crippen molar-refractivity contribution in [3.63, 3.8) is 0 Å². The van der Waals surface area contributed by atoms with Crippen LogP contribution in [0.4, 0.5) is 5.69 Å². The summed E-state index contributed by atoms with van der Waals surface area (Å²) >= 11 is 0. The molecule has 0 saturated heterocycles. The van der Waals surface area contributed by atoms with Crippen LogP contribution in [0, 0.1) is 16.0 Å². The zero-order valence-electron chi connectivity index (χ0n) is 7.72. The topological polar surface area (TPSA) is 69.2 Å². The Morgan fingerprint density at radius 1 is 1.43 bits per heavy atom. The van der Waals surface area contributed by atoms with E-state index in [1.807, 2.05) is 0 Å². The Morgan fingerprint density at radius 3 is 2.64 bits per heavy atom. The van der Waals surface area contributed by atoms with Crippen molar-refractivity contribution in [2.75, 3.05) is 0 Å². The fourth-order valence-corrected chi connectivity index (χ4v) is 1.64. The van der Waals surface area contributed by atoms with Gasteiger partial charge in [-0.2, -0.15) is 0 Å². The second-order valence-corrected chi connectivity index (χ2v) is 3.68. The van der Waals surface area contributed by atoms with Crippen molar-refractivity contribution < 1.29 is 4.92 Å². The van der Waals surface area contributed by atoms with Gasteiger partial charge in [0.15, 0.2) is 0 Å². The number of hydrogen-bond donors (Lipinski definition) is 1. The lowest BCUT2D eigenvalue weighted by Crippen LogP contribution is -2.14. The predicted octanol–water partition coefficient (Wildman–Crippen LogP) is 2.00. The van der Waals surface area contributed by atoms with Gasteiger partial charge in [0.05, 0.1) is 4.92 Å². The van der Waals surface area contributed by atoms with Crippen molar-refractivity contribution in [2.24, 2.45) is 11.7 Å². The minimum Gasteiger partial charge on any atom is -0.324 e. The SMILES string of the molecule is N[C@@H](c1ccccc1[N+](=O)[O-])C1CC1. The van der Waals surface area contributed by atoms with Gasteiger partial charge < -0.3 is 5.73 Å². The monoisotopic (exact) mass is 192 g/mol. The van der Waals surface area contributed by atoms with Crippen LogP contribution < -0.4 is 5.73 Å². The Labute approximate surface area is 81.9 Å². The summed E-state index contributed by atoms with van der Waals surface area (Å²) in [6.45, 7) is 0. The maximum Gasteiger partial charge on any atom is 0.274 e. The van der Waals surface area contributed by atoms with Gasteiger partial charge in [0.25, 0.3) is 5.69 Å². The van der Waals surface area contributed by atoms with E-state index in [0.717, 1.165) is 12.8 Å². The zero-order chi connectivity index (χ0) is 10.1. The van der Waals surface area contributed by atoms with Gasteiger partial charge in [-0.1, -0.05) is 18.2 Å². The maximum absolute atomic E-state index is 10.7. The largest absolute Gasteiger partial charge is 0.324 e. The molecule has 74 valence electrons. The van der Waals surface area contributed by atoms with E-state index in [1.54, 1.807) is 18.2 Å². The number of nitro benzene ring substituents is 1. The van der Waals surface area contributed by atoms with Crippen molar-refractivity contribution in [1.29, 1.82) is 0 Å². The van der Waals surface area contributed by atoms with E-state index in [4.69, 9.17) is 5.73 Å². The molecule has 0 spiro atoms. The molecule has 1 atom stereocenters. The molecule has 0 heterocycles. The quantitative estimate of drug-likeness (QED) is 0.588. The van der Waals surface area contributed by atoms with Crippen LogP contribution in [0.1, 0.15) is 24.4 Å². The first kappa shape index (κ1) is 9.15. The van der Waals surface area contributed by atoms with Crippen LogP contribution in [-0.2, 0) is 0 Å². The molecule has 14 heavy (non-hydrogen) atoms. The third kappa shape index (κ3) is 1.61. The number of hydrogen-bond acceptors (Lipinski definition) is 3. The van der Waals surface area contributed by atoms with Crippen molar-refractivity contribution in [3.05, 3.63) is 39.9 Å². The lowest BCUT2D eigenvalue weighted by molar-refractivity contribution is -0.385. The second kappa shape index (κ2) is 3.38. The van der Waals surface area contributed by atoms with Crippen LogP contribution in [0.5, 0.6) is 0 Å². The van der Waals surface area contributed by atoms with E-state index in [-0.39, 0.29) is 16.7 Å². The van der Waals surface area contributed by atoms with Crippen molar-refractivity contribution in [3.8, 4) is 0 Å². The Bertz CT molecular complexity index is 361. The van der Waals surface area contributed by atoms with Crippen LogP contribution in [0.15, 0.2) is 24.3 Å². The molecule has 2 N–H and O–H groups in total. The molecule has 0 amide bonds. The van der Waals surface area contributed by atoms with Gasteiger partial charge >= 0.3 is 0 Å². The zero-order valence-corrected chi connectivity index (χ0v) is 7.72. The van der Waals surface area contributed by atoms with Gasteiger partial charge in [0, 0.05) is 17.7 Å². The summed E-state index contributed by atoms with van der Waals surface area (Å²) in [5.74, 6) is 0.441. The van der Waals surface area contributed by atoms with Gasteiger partial charge in [-0.05, 0) is 18.8 Å². The summed E-state index contributed by atoms with van der Waals surface area (Å²) in [5.41, 5.74) is 6.75. The molecule has 1 aliphatic rings. The smallest absolute Gasteiger partial charge is 0.274 e. The molecule has 1 saturated carbocycles. The second-order valence-electron chi connectivity index (χ2n) is 3.68. The molecule has 4 heteroatoms. The number of nitrogens with two attached hydrogens (primary N) is 1. The van der Waals surface area contributed by atoms with E-state index in [2.05, 4.69) is 0 Å². The van der Waals surface area contributed by atoms with Crippen LogP contribution in [0.2, 0.25) is 0 Å². The third-order valence-electron chi connectivity index (χ3n) is 2.62. The number of nitrogens with zero attached hydrogens (tertiary/aromatic N) is 1. The molecule has 2 rings (SSSR count). The predicted molar refractivity (Wildman–Crippen MR) is 52.7 cm³/mol. The Morgan fingerprint density at radius 2 is 2.07 bits per heavy atom. The molecule has 0 aromatic heterocycles. The first-order chi connectivity index (χ1) is 6.70. The van der Waals surface area contributed by atoms with Gasteiger partial charge in [0.2, 0.25) is 0 Å². The average molecular weight is 192 g/mol. The van der Waals surface area contributed by atoms with Gasteiger partial charge in [-0.15, -0.1) is 0 Å². The van der Waals surface area contributed by atoms with E-state index < -0.39 is 0 Å². The van der Waals surface area contributed by atoms with E-state index in [0.29, 0.717) is 11.5 Å². The van der Waals surface area contributed by atoms with Gasteiger partial charge in [0.1, 0.15) is 0 Å². The highest BCUT2D eigenvalue weighted by atomic mass is 16.6. The van der Waals surface area contributed by atoms with Crippen molar-refractivity contribution in [2.45, 2.75) is 18.9 Å². The molecule has 0 bridgehead atoms. The van der Waals surface area contributed by atoms with Crippen molar-refractivity contribution in [1.82, 2.24) is 0 Å². The molecule has 0 unspecified atom stereocenters. The summed E-state index contributed by atoms with van der Waals surface area (Å²) in [5, 5.41) is 10.7. The minimum absolute atomic E-state index is 0.145. The lowest BCUT2D eigenvalue weighted by atomic mass is 10.0. The molecule has 1 aromatic carbocycles. The maximum atomic E-state index is 10.7. The summed E-state index contributed by atoms with van der Waals surface area (Å²) in [4.78, 5) is 10.4. The summed E-state index contributed by atoms with van der Waals surface area (Å²) in [7, 11) is 0. The minimum atomic E-state index is -0.364. The molecule has 0 radical (unpaired) electrons. The number of rotatable bonds is 3. The van der Waals surface area contributed by atoms with Gasteiger partial charge in [-0.3, -0.25) is 10.1 Å². The van der Waals surface area contributed by atoms with Crippen molar-refractivity contribution >= 4 is 5.69 Å². The number of benzene rings is 1. The van der Waals surface area contributed by atoms with Gasteiger partial charge in [-0.25, -0.2) is 0 Å². The Hall–Kier alpha value is -1.42. The molecule has 4 nitrogen and oxygen atoms in total. The normalized spacial score (nSPS) is 17.8. The highest BCUT2D eigenvalue weighted by Gasteiger charge is 2.32. The van der Waals surface area contributed by atoms with Crippen LogP contribution in [0.25, 0.3) is 0 Å². The molecule has 1 aliphatic carbocycles. The van der Waals surface area contributed by atoms with Crippen LogP contribution >= 0.6 is 0 Å². The molecule has 0 aliphatic heterocycles. The highest BCUT2D eigenvalue weighted by Crippen LogP contribution is 2.41. The van der Waals surface area contributed by atoms with E-state index >= 15 is 0 Å². The van der Waals surface area contributed by atoms with Crippen LogP contribution in [0.3, 0.4) is 0 Å². The number of nitro groups is 1. The van der Waals surface area contributed by atoms with Crippen LogP contribution in [-0.4, -0.2) is 4.92 Å². The first-order valence-electron chi connectivity index (χ1n) is 4.69. The fraction of sp³-hybridized carbons (Fsp3) is 0.400. The first-order valence-corrected chi connectivity index (χ1v) is 4.69. The van der Waals surface area contributed by atoms with E-state index in [1.165, 1.54) is 6.07 Å². The van der Waals surface area contributed by atoms with E-state index in [9.17, 15) is 10.1 Å². The lowest BCUT2D eigenvalue weighted by Gasteiger charge is -2.10.